The zero-order valence-electron chi connectivity index (χ0n) is 14.1. The van der Waals surface area contributed by atoms with E-state index >= 15 is 0 Å². The van der Waals surface area contributed by atoms with E-state index in [0.717, 1.165) is 51.6 Å². The van der Waals surface area contributed by atoms with Crippen molar-refractivity contribution in [3.05, 3.63) is 18.1 Å². The van der Waals surface area contributed by atoms with Crippen LogP contribution in [-0.4, -0.2) is 71.5 Å². The number of rotatable bonds is 3. The first-order chi connectivity index (χ1) is 11.3. The van der Waals surface area contributed by atoms with Crippen LogP contribution in [-0.2, 0) is 0 Å². The van der Waals surface area contributed by atoms with Crippen LogP contribution in [0.2, 0.25) is 0 Å². The molecule has 1 amide bonds. The minimum Gasteiger partial charge on any atom is -0.355 e. The number of hydrogen-bond donors (Lipinski definition) is 0. The summed E-state index contributed by atoms with van der Waals surface area (Å²) in [6.07, 6.45) is 8.43. The minimum atomic E-state index is 0.00988. The van der Waals surface area contributed by atoms with Crippen molar-refractivity contribution < 1.29 is 4.79 Å². The van der Waals surface area contributed by atoms with E-state index in [1.165, 1.54) is 25.7 Å². The van der Waals surface area contributed by atoms with Gasteiger partial charge in [0.2, 0.25) is 0 Å². The van der Waals surface area contributed by atoms with Gasteiger partial charge in [-0.1, -0.05) is 19.8 Å². The van der Waals surface area contributed by atoms with Crippen molar-refractivity contribution in [1.29, 1.82) is 0 Å². The lowest BCUT2D eigenvalue weighted by molar-refractivity contribution is 0.0637. The van der Waals surface area contributed by atoms with Crippen molar-refractivity contribution in [2.75, 3.05) is 50.7 Å². The second kappa shape index (κ2) is 7.73. The topological polar surface area (TPSA) is 52.6 Å². The molecule has 2 fully saturated rings. The molecular formula is C17H27N5O. The van der Waals surface area contributed by atoms with Crippen molar-refractivity contribution in [2.45, 2.75) is 32.6 Å². The molecule has 1 aromatic heterocycles. The van der Waals surface area contributed by atoms with E-state index in [4.69, 9.17) is 0 Å². The number of amides is 1. The summed E-state index contributed by atoms with van der Waals surface area (Å²) >= 11 is 0. The average Bonchev–Trinajstić information content (AvgIpc) is 2.91. The fourth-order valence-electron chi connectivity index (χ4n) is 3.32. The molecule has 1 aromatic rings. The van der Waals surface area contributed by atoms with Crippen molar-refractivity contribution in [3.8, 4) is 0 Å². The molecule has 0 N–H and O–H groups in total. The lowest BCUT2D eigenvalue weighted by atomic mass is 10.2. The fraction of sp³-hybridized carbons (Fsp3) is 0.706. The highest BCUT2D eigenvalue weighted by Crippen LogP contribution is 2.16. The summed E-state index contributed by atoms with van der Waals surface area (Å²) < 4.78 is 0. The first-order valence-electron chi connectivity index (χ1n) is 8.86. The third-order valence-electron chi connectivity index (χ3n) is 4.89. The second-order valence-corrected chi connectivity index (χ2v) is 6.39. The molecule has 0 aromatic carbocycles. The van der Waals surface area contributed by atoms with Crippen molar-refractivity contribution >= 4 is 11.7 Å². The van der Waals surface area contributed by atoms with Crippen LogP contribution < -0.4 is 4.90 Å². The van der Waals surface area contributed by atoms with E-state index in [1.54, 1.807) is 12.4 Å². The molecule has 0 radical (unpaired) electrons. The van der Waals surface area contributed by atoms with Gasteiger partial charge in [0, 0.05) is 39.3 Å². The Morgan fingerprint density at radius 2 is 1.65 bits per heavy atom. The van der Waals surface area contributed by atoms with Gasteiger partial charge in [-0.15, -0.1) is 0 Å². The number of carbonyl (C=O) groups excluding carboxylic acids is 1. The average molecular weight is 317 g/mol. The van der Waals surface area contributed by atoms with E-state index in [0.29, 0.717) is 5.69 Å². The van der Waals surface area contributed by atoms with Crippen LogP contribution in [0.1, 0.15) is 43.1 Å². The van der Waals surface area contributed by atoms with Crippen LogP contribution in [0.5, 0.6) is 0 Å². The summed E-state index contributed by atoms with van der Waals surface area (Å²) in [7, 11) is 0. The number of nitrogens with zero attached hydrogens (tertiary/aromatic N) is 5. The quantitative estimate of drug-likeness (QED) is 0.848. The van der Waals surface area contributed by atoms with E-state index in [9.17, 15) is 4.79 Å². The summed E-state index contributed by atoms with van der Waals surface area (Å²) in [6, 6.07) is 0. The Morgan fingerprint density at radius 3 is 2.22 bits per heavy atom. The van der Waals surface area contributed by atoms with E-state index < -0.39 is 0 Å². The van der Waals surface area contributed by atoms with Gasteiger partial charge in [-0.05, 0) is 19.4 Å². The van der Waals surface area contributed by atoms with Crippen LogP contribution >= 0.6 is 0 Å². The number of carbonyl (C=O) groups is 1. The van der Waals surface area contributed by atoms with Gasteiger partial charge in [0.05, 0.1) is 12.4 Å². The van der Waals surface area contributed by atoms with Crippen LogP contribution in [0, 0.1) is 0 Å². The number of likely N-dealkylation sites (N-methyl/N-ethyl adjacent to an activating group) is 1. The zero-order chi connectivity index (χ0) is 16.1. The largest absolute Gasteiger partial charge is 0.355 e. The third-order valence-corrected chi connectivity index (χ3v) is 4.89. The maximum absolute atomic E-state index is 12.5. The van der Waals surface area contributed by atoms with Gasteiger partial charge in [0.15, 0.2) is 0 Å². The molecule has 0 spiro atoms. The lowest BCUT2D eigenvalue weighted by Crippen LogP contribution is -2.48. The molecule has 0 atom stereocenters. The third kappa shape index (κ3) is 3.99. The number of hydrogen-bond acceptors (Lipinski definition) is 5. The number of piperazine rings is 1. The fourth-order valence-corrected chi connectivity index (χ4v) is 3.32. The van der Waals surface area contributed by atoms with Gasteiger partial charge >= 0.3 is 0 Å². The highest BCUT2D eigenvalue weighted by Gasteiger charge is 2.22. The first kappa shape index (κ1) is 16.2. The second-order valence-electron chi connectivity index (χ2n) is 6.39. The van der Waals surface area contributed by atoms with Gasteiger partial charge in [-0.25, -0.2) is 9.97 Å². The molecule has 6 nitrogen and oxygen atoms in total. The number of anilines is 1. The predicted molar refractivity (Wildman–Crippen MR) is 90.7 cm³/mol. The number of aromatic nitrogens is 2. The SMILES string of the molecule is CCN1CCN(C(=O)c2cnc(N3CCCCCC3)cn2)CC1. The summed E-state index contributed by atoms with van der Waals surface area (Å²) in [5, 5.41) is 0. The van der Waals surface area contributed by atoms with Crippen LogP contribution in [0.15, 0.2) is 12.4 Å². The predicted octanol–water partition coefficient (Wildman–Crippen LogP) is 1.63. The zero-order valence-corrected chi connectivity index (χ0v) is 14.1. The molecule has 2 saturated heterocycles. The molecule has 6 heteroatoms. The molecule has 0 aliphatic carbocycles. The minimum absolute atomic E-state index is 0.00988. The maximum Gasteiger partial charge on any atom is 0.274 e. The van der Waals surface area contributed by atoms with E-state index in [2.05, 4.69) is 26.7 Å². The van der Waals surface area contributed by atoms with Gasteiger partial charge in [0.1, 0.15) is 11.5 Å². The Kier molecular flexibility index (Phi) is 5.43. The Hall–Kier alpha value is -1.69. The monoisotopic (exact) mass is 317 g/mol. The van der Waals surface area contributed by atoms with Crippen LogP contribution in [0.3, 0.4) is 0 Å². The van der Waals surface area contributed by atoms with Crippen molar-refractivity contribution in [1.82, 2.24) is 19.8 Å². The molecule has 0 bridgehead atoms. The molecular weight excluding hydrogens is 290 g/mol. The molecule has 2 aliphatic heterocycles. The van der Waals surface area contributed by atoms with Gasteiger partial charge in [-0.3, -0.25) is 4.79 Å². The molecule has 3 rings (SSSR count). The molecule has 3 heterocycles. The molecule has 0 unspecified atom stereocenters. The van der Waals surface area contributed by atoms with Gasteiger partial charge in [0.25, 0.3) is 5.91 Å². The van der Waals surface area contributed by atoms with E-state index in [-0.39, 0.29) is 5.91 Å². The molecule has 2 aliphatic rings. The van der Waals surface area contributed by atoms with Crippen LogP contribution in [0.25, 0.3) is 0 Å². The Balaban J connectivity index is 1.61. The standard InChI is InChI=1S/C17H27N5O/c1-2-20-9-11-22(12-10-20)17(23)15-13-19-16(14-18-15)21-7-5-3-4-6-8-21/h13-14H,2-12H2,1H3. The van der Waals surface area contributed by atoms with Crippen molar-refractivity contribution in [3.63, 3.8) is 0 Å². The van der Waals surface area contributed by atoms with Gasteiger partial charge in [-0.2, -0.15) is 0 Å². The summed E-state index contributed by atoms with van der Waals surface area (Å²) in [5.74, 6) is 0.912. The summed E-state index contributed by atoms with van der Waals surface area (Å²) in [5.41, 5.74) is 0.466. The summed E-state index contributed by atoms with van der Waals surface area (Å²) in [4.78, 5) is 28.0. The highest BCUT2D eigenvalue weighted by atomic mass is 16.2. The molecule has 0 saturated carbocycles. The van der Waals surface area contributed by atoms with E-state index in [1.807, 2.05) is 4.90 Å². The Bertz CT molecular complexity index is 502. The highest BCUT2D eigenvalue weighted by molar-refractivity contribution is 5.92. The first-order valence-corrected chi connectivity index (χ1v) is 8.86. The Labute approximate surface area is 138 Å². The summed E-state index contributed by atoms with van der Waals surface area (Å²) in [6.45, 7) is 8.74. The molecule has 23 heavy (non-hydrogen) atoms. The maximum atomic E-state index is 12.5. The Morgan fingerprint density at radius 1 is 0.957 bits per heavy atom. The van der Waals surface area contributed by atoms with Crippen molar-refractivity contribution in [2.24, 2.45) is 0 Å². The normalized spacial score (nSPS) is 20.4. The lowest BCUT2D eigenvalue weighted by Gasteiger charge is -2.33. The molecule has 126 valence electrons. The van der Waals surface area contributed by atoms with Gasteiger partial charge < -0.3 is 14.7 Å². The van der Waals surface area contributed by atoms with Crippen LogP contribution in [0.4, 0.5) is 5.82 Å². The smallest absolute Gasteiger partial charge is 0.274 e.